The molecule has 0 bridgehead atoms. The first-order valence-corrected chi connectivity index (χ1v) is 8.13. The van der Waals surface area contributed by atoms with Crippen LogP contribution in [0.3, 0.4) is 0 Å². The first kappa shape index (κ1) is 15.9. The summed E-state index contributed by atoms with van der Waals surface area (Å²) in [7, 11) is 0. The third-order valence-electron chi connectivity index (χ3n) is 4.30. The third kappa shape index (κ3) is 3.31. The number of fused-ring (bicyclic) bond motifs is 1. The maximum absolute atomic E-state index is 13.6. The fourth-order valence-corrected chi connectivity index (χ4v) is 2.83. The summed E-state index contributed by atoms with van der Waals surface area (Å²) in [6.07, 6.45) is -0.164. The molecule has 25 heavy (non-hydrogen) atoms. The SMILES string of the molecule is FC(F)(F)c1c(OCc2ccccc2)ccn2c(CC3CC3)nnc12. The number of nitrogens with zero attached hydrogens (tertiary/aromatic N) is 3. The van der Waals surface area contributed by atoms with Gasteiger partial charge in [-0.05, 0) is 30.4 Å². The van der Waals surface area contributed by atoms with Gasteiger partial charge in [0.15, 0.2) is 5.65 Å². The fraction of sp³-hybridized carbons (Fsp3) is 0.333. The van der Waals surface area contributed by atoms with Gasteiger partial charge in [-0.3, -0.25) is 4.40 Å². The molecule has 0 aliphatic heterocycles. The molecular formula is C18H16F3N3O. The highest BCUT2D eigenvalue weighted by Gasteiger charge is 2.39. The molecule has 2 heterocycles. The highest BCUT2D eigenvalue weighted by molar-refractivity contribution is 5.56. The van der Waals surface area contributed by atoms with E-state index in [0.717, 1.165) is 18.4 Å². The number of pyridine rings is 1. The molecule has 4 rings (SSSR count). The molecule has 0 radical (unpaired) electrons. The Morgan fingerprint density at radius 3 is 2.52 bits per heavy atom. The molecule has 1 aliphatic carbocycles. The van der Waals surface area contributed by atoms with Gasteiger partial charge < -0.3 is 4.74 Å². The molecule has 3 aromatic rings. The van der Waals surface area contributed by atoms with Crippen molar-refractivity contribution in [3.05, 3.63) is 59.5 Å². The van der Waals surface area contributed by atoms with E-state index in [1.54, 1.807) is 18.3 Å². The Kier molecular flexibility index (Phi) is 3.86. The van der Waals surface area contributed by atoms with Crippen molar-refractivity contribution in [3.8, 4) is 5.75 Å². The van der Waals surface area contributed by atoms with Crippen LogP contribution < -0.4 is 4.74 Å². The molecule has 1 aliphatic rings. The Morgan fingerprint density at radius 1 is 1.08 bits per heavy atom. The Balaban J connectivity index is 1.70. The summed E-state index contributed by atoms with van der Waals surface area (Å²) in [6.45, 7) is 0.0587. The van der Waals surface area contributed by atoms with Crippen LogP contribution in [0.2, 0.25) is 0 Å². The van der Waals surface area contributed by atoms with Crippen molar-refractivity contribution in [2.45, 2.75) is 32.0 Å². The maximum Gasteiger partial charge on any atom is 0.423 e. The van der Waals surface area contributed by atoms with Crippen LogP contribution >= 0.6 is 0 Å². The lowest BCUT2D eigenvalue weighted by Gasteiger charge is -2.15. The first-order valence-electron chi connectivity index (χ1n) is 8.13. The van der Waals surface area contributed by atoms with E-state index in [4.69, 9.17) is 4.74 Å². The largest absolute Gasteiger partial charge is 0.488 e. The van der Waals surface area contributed by atoms with Gasteiger partial charge in [-0.25, -0.2) is 0 Å². The van der Waals surface area contributed by atoms with Crippen LogP contribution in [0.15, 0.2) is 42.6 Å². The molecule has 0 amide bonds. The van der Waals surface area contributed by atoms with Gasteiger partial charge in [0.25, 0.3) is 0 Å². The van der Waals surface area contributed by atoms with Crippen molar-refractivity contribution in [2.75, 3.05) is 0 Å². The molecular weight excluding hydrogens is 331 g/mol. The van der Waals surface area contributed by atoms with E-state index >= 15 is 0 Å². The Labute approximate surface area is 142 Å². The third-order valence-corrected chi connectivity index (χ3v) is 4.30. The van der Waals surface area contributed by atoms with Gasteiger partial charge >= 0.3 is 6.18 Å². The first-order chi connectivity index (χ1) is 12.0. The number of hydrogen-bond donors (Lipinski definition) is 0. The van der Waals surface area contributed by atoms with Crippen LogP contribution in [-0.4, -0.2) is 14.6 Å². The van der Waals surface area contributed by atoms with Crippen LogP contribution in [0.25, 0.3) is 5.65 Å². The van der Waals surface area contributed by atoms with Crippen LogP contribution in [0.4, 0.5) is 13.2 Å². The minimum absolute atomic E-state index is 0.0587. The van der Waals surface area contributed by atoms with Gasteiger partial charge in [-0.1, -0.05) is 30.3 Å². The second-order valence-electron chi connectivity index (χ2n) is 6.28. The smallest absolute Gasteiger partial charge is 0.423 e. The van der Waals surface area contributed by atoms with E-state index in [-0.39, 0.29) is 18.0 Å². The van der Waals surface area contributed by atoms with Crippen LogP contribution in [-0.2, 0) is 19.2 Å². The lowest BCUT2D eigenvalue weighted by Crippen LogP contribution is -2.12. The number of benzene rings is 1. The van der Waals surface area contributed by atoms with E-state index in [1.165, 1.54) is 10.5 Å². The number of halogens is 3. The van der Waals surface area contributed by atoms with E-state index < -0.39 is 11.7 Å². The lowest BCUT2D eigenvalue weighted by molar-refractivity contribution is -0.138. The second-order valence-corrected chi connectivity index (χ2v) is 6.28. The maximum atomic E-state index is 13.6. The number of hydrogen-bond acceptors (Lipinski definition) is 3. The molecule has 0 saturated heterocycles. The normalized spacial score (nSPS) is 14.8. The van der Waals surface area contributed by atoms with Crippen molar-refractivity contribution in [1.29, 1.82) is 0 Å². The van der Waals surface area contributed by atoms with Gasteiger partial charge in [-0.15, -0.1) is 10.2 Å². The summed E-state index contributed by atoms with van der Waals surface area (Å²) in [5.74, 6) is 0.850. The Morgan fingerprint density at radius 2 is 1.84 bits per heavy atom. The van der Waals surface area contributed by atoms with Gasteiger partial charge in [0.2, 0.25) is 0 Å². The average molecular weight is 347 g/mol. The van der Waals surface area contributed by atoms with Gasteiger partial charge in [0.05, 0.1) is 0 Å². The summed E-state index contributed by atoms with van der Waals surface area (Å²) in [6, 6.07) is 10.4. The molecule has 0 N–H and O–H groups in total. The molecule has 0 atom stereocenters. The van der Waals surface area contributed by atoms with Crippen LogP contribution in [0, 0.1) is 5.92 Å². The summed E-state index contributed by atoms with van der Waals surface area (Å²) in [5.41, 5.74) is -0.277. The van der Waals surface area contributed by atoms with E-state index in [0.29, 0.717) is 18.2 Å². The summed E-state index contributed by atoms with van der Waals surface area (Å²) >= 11 is 0. The van der Waals surface area contributed by atoms with Gasteiger partial charge in [0.1, 0.15) is 23.7 Å². The molecule has 7 heteroatoms. The number of aromatic nitrogens is 3. The quantitative estimate of drug-likeness (QED) is 0.692. The summed E-state index contributed by atoms with van der Waals surface area (Å²) in [5, 5.41) is 7.76. The monoisotopic (exact) mass is 347 g/mol. The molecule has 1 aromatic carbocycles. The van der Waals surface area contributed by atoms with E-state index in [1.807, 2.05) is 18.2 Å². The van der Waals surface area contributed by atoms with Crippen LogP contribution in [0.5, 0.6) is 5.75 Å². The molecule has 130 valence electrons. The fourth-order valence-electron chi connectivity index (χ4n) is 2.83. The minimum atomic E-state index is -4.57. The Hall–Kier alpha value is -2.57. The average Bonchev–Trinajstić information content (AvgIpc) is 3.32. The number of alkyl halides is 3. The van der Waals surface area contributed by atoms with Crippen molar-refractivity contribution in [2.24, 2.45) is 5.92 Å². The summed E-state index contributed by atoms with van der Waals surface area (Å²) in [4.78, 5) is 0. The highest BCUT2D eigenvalue weighted by atomic mass is 19.4. The van der Waals surface area contributed by atoms with Crippen molar-refractivity contribution in [3.63, 3.8) is 0 Å². The van der Waals surface area contributed by atoms with Crippen molar-refractivity contribution < 1.29 is 17.9 Å². The molecule has 1 saturated carbocycles. The lowest BCUT2D eigenvalue weighted by atomic mass is 10.2. The van der Waals surface area contributed by atoms with Crippen molar-refractivity contribution >= 4 is 5.65 Å². The topological polar surface area (TPSA) is 39.4 Å². The molecule has 1 fully saturated rings. The van der Waals surface area contributed by atoms with E-state index in [2.05, 4.69) is 10.2 Å². The standard InChI is InChI=1S/C18H16F3N3O/c19-18(20,21)16-14(25-11-13-4-2-1-3-5-13)8-9-24-15(10-12-6-7-12)22-23-17(16)24/h1-5,8-9,12H,6-7,10-11H2. The van der Waals surface area contributed by atoms with Crippen LogP contribution in [0.1, 0.15) is 29.8 Å². The van der Waals surface area contributed by atoms with Gasteiger partial charge in [0, 0.05) is 12.6 Å². The minimum Gasteiger partial charge on any atom is -0.488 e. The molecule has 0 spiro atoms. The van der Waals surface area contributed by atoms with Crippen molar-refractivity contribution in [1.82, 2.24) is 14.6 Å². The zero-order valence-electron chi connectivity index (χ0n) is 13.3. The Bertz CT molecular complexity index is 886. The molecule has 2 aromatic heterocycles. The molecule has 0 unspecified atom stereocenters. The predicted octanol–water partition coefficient (Wildman–Crippen LogP) is 4.28. The second kappa shape index (κ2) is 6.06. The predicted molar refractivity (Wildman–Crippen MR) is 85.2 cm³/mol. The zero-order chi connectivity index (χ0) is 17.4. The summed E-state index contributed by atoms with van der Waals surface area (Å²) < 4.78 is 47.8. The van der Waals surface area contributed by atoms with Gasteiger partial charge in [-0.2, -0.15) is 13.2 Å². The number of ether oxygens (including phenoxy) is 1. The van der Waals surface area contributed by atoms with E-state index in [9.17, 15) is 13.2 Å². The highest BCUT2D eigenvalue weighted by Crippen LogP contribution is 2.40. The zero-order valence-corrected chi connectivity index (χ0v) is 13.3. The molecule has 4 nitrogen and oxygen atoms in total. The number of rotatable bonds is 5.